The molecular formula is C15H23N3O2S. The van der Waals surface area contributed by atoms with Crippen LogP contribution < -0.4 is 0 Å². The zero-order chi connectivity index (χ0) is 15.0. The lowest BCUT2D eigenvalue weighted by atomic mass is 9.91. The van der Waals surface area contributed by atoms with Crippen LogP contribution in [0.15, 0.2) is 12.4 Å². The van der Waals surface area contributed by atoms with Gasteiger partial charge >= 0.3 is 0 Å². The first kappa shape index (κ1) is 14.9. The number of aryl methyl sites for hydroxylation is 1. The van der Waals surface area contributed by atoms with Gasteiger partial charge in [-0.15, -0.1) is 11.8 Å². The van der Waals surface area contributed by atoms with Gasteiger partial charge in [0, 0.05) is 38.4 Å². The summed E-state index contributed by atoms with van der Waals surface area (Å²) in [6.45, 7) is 1.47. The number of thioether (sulfide) groups is 1. The number of rotatable bonds is 4. The van der Waals surface area contributed by atoms with Crippen molar-refractivity contribution in [1.82, 2.24) is 14.5 Å². The van der Waals surface area contributed by atoms with E-state index in [4.69, 9.17) is 0 Å². The molecule has 1 N–H and O–H groups in total. The number of amides is 1. The molecule has 21 heavy (non-hydrogen) atoms. The Kier molecular flexibility index (Phi) is 4.01. The predicted molar refractivity (Wildman–Crippen MR) is 83.0 cm³/mol. The number of aliphatic hydroxyl groups is 1. The number of aliphatic hydroxyl groups excluding tert-OH is 1. The van der Waals surface area contributed by atoms with Crippen LogP contribution in [0.4, 0.5) is 0 Å². The summed E-state index contributed by atoms with van der Waals surface area (Å²) in [5.41, 5.74) is 0. The molecule has 0 spiro atoms. The van der Waals surface area contributed by atoms with Gasteiger partial charge in [0.1, 0.15) is 11.9 Å². The van der Waals surface area contributed by atoms with Crippen molar-refractivity contribution < 1.29 is 9.90 Å². The van der Waals surface area contributed by atoms with Crippen molar-refractivity contribution in [2.45, 2.75) is 36.5 Å². The van der Waals surface area contributed by atoms with Crippen molar-refractivity contribution in [3.05, 3.63) is 18.2 Å². The molecule has 3 rings (SSSR count). The van der Waals surface area contributed by atoms with E-state index in [-0.39, 0.29) is 16.6 Å². The summed E-state index contributed by atoms with van der Waals surface area (Å²) >= 11 is 1.68. The van der Waals surface area contributed by atoms with E-state index < -0.39 is 6.10 Å². The van der Waals surface area contributed by atoms with E-state index >= 15 is 0 Å². The van der Waals surface area contributed by atoms with Crippen LogP contribution in [0.3, 0.4) is 0 Å². The minimum Gasteiger partial charge on any atom is -0.385 e. The Morgan fingerprint density at radius 1 is 1.57 bits per heavy atom. The van der Waals surface area contributed by atoms with E-state index in [0.29, 0.717) is 12.4 Å². The molecule has 0 aromatic carbocycles. The Labute approximate surface area is 129 Å². The molecule has 0 radical (unpaired) electrons. The van der Waals surface area contributed by atoms with E-state index in [2.05, 4.69) is 4.98 Å². The number of piperidine rings is 1. The van der Waals surface area contributed by atoms with Crippen LogP contribution in [-0.4, -0.2) is 49.6 Å². The minimum atomic E-state index is -0.593. The molecule has 5 nitrogen and oxygen atoms in total. The van der Waals surface area contributed by atoms with Crippen LogP contribution in [0.1, 0.15) is 37.6 Å². The van der Waals surface area contributed by atoms with Crippen molar-refractivity contribution >= 4 is 17.7 Å². The number of carbonyl (C=O) groups excluding carboxylic acids is 1. The Morgan fingerprint density at radius 3 is 2.90 bits per heavy atom. The van der Waals surface area contributed by atoms with E-state index in [0.717, 1.165) is 32.2 Å². The first-order chi connectivity index (χ1) is 10.1. The second-order valence-corrected chi connectivity index (χ2v) is 7.38. The van der Waals surface area contributed by atoms with Gasteiger partial charge in [0.15, 0.2) is 0 Å². The van der Waals surface area contributed by atoms with E-state index in [1.54, 1.807) is 18.0 Å². The van der Waals surface area contributed by atoms with Gasteiger partial charge < -0.3 is 14.6 Å². The van der Waals surface area contributed by atoms with Crippen molar-refractivity contribution in [2.75, 3.05) is 19.3 Å². The zero-order valence-electron chi connectivity index (χ0n) is 12.7. The molecule has 6 heteroatoms. The van der Waals surface area contributed by atoms with Crippen LogP contribution in [0.2, 0.25) is 0 Å². The summed E-state index contributed by atoms with van der Waals surface area (Å²) < 4.78 is 1.70. The quantitative estimate of drug-likeness (QED) is 0.917. The third-order valence-electron chi connectivity index (χ3n) is 4.80. The number of likely N-dealkylation sites (tertiary alicyclic amines) is 1. The second-order valence-electron chi connectivity index (χ2n) is 6.19. The highest BCUT2D eigenvalue weighted by molar-refractivity contribution is 8.01. The highest BCUT2D eigenvalue weighted by Crippen LogP contribution is 2.49. The van der Waals surface area contributed by atoms with Gasteiger partial charge in [-0.1, -0.05) is 0 Å². The lowest BCUT2D eigenvalue weighted by Gasteiger charge is -2.36. The second kappa shape index (κ2) is 5.65. The van der Waals surface area contributed by atoms with Gasteiger partial charge in [0.2, 0.25) is 5.91 Å². The molecule has 1 saturated carbocycles. The summed E-state index contributed by atoms with van der Waals surface area (Å²) in [5, 5.41) is 10.6. The van der Waals surface area contributed by atoms with E-state index in [1.165, 1.54) is 0 Å². The average Bonchev–Trinajstić information content (AvgIpc) is 3.21. The van der Waals surface area contributed by atoms with Gasteiger partial charge in [-0.3, -0.25) is 4.79 Å². The molecule has 0 bridgehead atoms. The summed E-state index contributed by atoms with van der Waals surface area (Å²) in [5.74, 6) is 1.05. The van der Waals surface area contributed by atoms with Gasteiger partial charge in [-0.25, -0.2) is 4.98 Å². The van der Waals surface area contributed by atoms with Crippen LogP contribution in [0.25, 0.3) is 0 Å². The van der Waals surface area contributed by atoms with Gasteiger partial charge in [0.25, 0.3) is 0 Å². The Balaban J connectivity index is 1.69. The number of aromatic nitrogens is 2. The highest BCUT2D eigenvalue weighted by Gasteiger charge is 2.51. The Morgan fingerprint density at radius 2 is 2.33 bits per heavy atom. The first-order valence-corrected chi connectivity index (χ1v) is 8.80. The van der Waals surface area contributed by atoms with Crippen molar-refractivity contribution in [2.24, 2.45) is 13.0 Å². The largest absolute Gasteiger partial charge is 0.385 e. The fourth-order valence-corrected chi connectivity index (χ4v) is 4.05. The lowest BCUT2D eigenvalue weighted by molar-refractivity contribution is -0.134. The molecule has 1 amide bonds. The van der Waals surface area contributed by atoms with E-state index in [1.807, 2.05) is 29.0 Å². The normalized spacial score (nSPS) is 25.7. The molecule has 2 fully saturated rings. The lowest BCUT2D eigenvalue weighted by Crippen LogP contribution is -2.46. The Bertz CT molecular complexity index is 527. The number of carbonyl (C=O) groups is 1. The van der Waals surface area contributed by atoms with Gasteiger partial charge in [-0.2, -0.15) is 0 Å². The topological polar surface area (TPSA) is 58.4 Å². The molecule has 1 aromatic rings. The van der Waals surface area contributed by atoms with Gasteiger partial charge in [0.05, 0.1) is 4.75 Å². The molecule has 1 aliphatic heterocycles. The SMILES string of the molecule is CSC1(C(=O)N2CCC[C@@H]([C@@H](O)c3nccn3C)C2)CC1. The molecule has 116 valence electrons. The predicted octanol–water partition coefficient (Wildman–Crippen LogP) is 1.59. The molecular weight excluding hydrogens is 286 g/mol. The third-order valence-corrected chi connectivity index (χ3v) is 6.16. The Hall–Kier alpha value is -1.01. The standard InChI is InChI=1S/C15H23N3O2S/c1-17-9-7-16-13(17)12(19)11-4-3-8-18(10-11)14(20)15(21-2)5-6-15/h7,9,11-12,19H,3-6,8,10H2,1-2H3/t11-,12-/m1/s1. The number of nitrogens with zero attached hydrogens (tertiary/aromatic N) is 3. The van der Waals surface area contributed by atoms with Crippen molar-refractivity contribution in [3.8, 4) is 0 Å². The monoisotopic (exact) mass is 309 g/mol. The van der Waals surface area contributed by atoms with Crippen molar-refractivity contribution in [1.29, 1.82) is 0 Å². The highest BCUT2D eigenvalue weighted by atomic mass is 32.2. The summed E-state index contributed by atoms with van der Waals surface area (Å²) in [6.07, 6.45) is 8.88. The van der Waals surface area contributed by atoms with Crippen LogP contribution in [-0.2, 0) is 11.8 Å². The van der Waals surface area contributed by atoms with Crippen molar-refractivity contribution in [3.63, 3.8) is 0 Å². The molecule has 1 saturated heterocycles. The third kappa shape index (κ3) is 2.71. The zero-order valence-corrected chi connectivity index (χ0v) is 13.5. The van der Waals surface area contributed by atoms with Gasteiger partial charge in [-0.05, 0) is 31.9 Å². The fourth-order valence-electron chi connectivity index (χ4n) is 3.23. The minimum absolute atomic E-state index is 0.0847. The molecule has 0 unspecified atom stereocenters. The average molecular weight is 309 g/mol. The summed E-state index contributed by atoms with van der Waals surface area (Å²) in [4.78, 5) is 18.8. The maximum absolute atomic E-state index is 12.6. The molecule has 1 aromatic heterocycles. The summed E-state index contributed by atoms with van der Waals surface area (Å²) in [7, 11) is 1.89. The smallest absolute Gasteiger partial charge is 0.238 e. The van der Waals surface area contributed by atoms with Crippen LogP contribution in [0.5, 0.6) is 0 Å². The molecule has 2 heterocycles. The molecule has 1 aliphatic carbocycles. The van der Waals surface area contributed by atoms with Crippen LogP contribution in [0, 0.1) is 5.92 Å². The maximum atomic E-state index is 12.6. The molecule has 2 aliphatic rings. The number of hydrogen-bond acceptors (Lipinski definition) is 4. The summed E-state index contributed by atoms with van der Waals surface area (Å²) in [6, 6.07) is 0. The fraction of sp³-hybridized carbons (Fsp3) is 0.733. The first-order valence-electron chi connectivity index (χ1n) is 7.57. The number of hydrogen-bond donors (Lipinski definition) is 1. The number of imidazole rings is 1. The van der Waals surface area contributed by atoms with E-state index in [9.17, 15) is 9.90 Å². The maximum Gasteiger partial charge on any atom is 0.238 e. The molecule has 2 atom stereocenters. The van der Waals surface area contributed by atoms with Crippen LogP contribution >= 0.6 is 11.8 Å².